The van der Waals surface area contributed by atoms with Gasteiger partial charge in [0, 0.05) is 24.5 Å². The van der Waals surface area contributed by atoms with Gasteiger partial charge in [-0.3, -0.25) is 14.9 Å². The van der Waals surface area contributed by atoms with Crippen LogP contribution in [0, 0.1) is 16.0 Å². The van der Waals surface area contributed by atoms with Gasteiger partial charge in [0.15, 0.2) is 0 Å². The summed E-state index contributed by atoms with van der Waals surface area (Å²) in [5, 5.41) is 20.3. The Bertz CT molecular complexity index is 436. The van der Waals surface area contributed by atoms with Gasteiger partial charge < -0.3 is 5.11 Å². The van der Waals surface area contributed by atoms with E-state index in [1.807, 2.05) is 0 Å². The maximum Gasteiger partial charge on any atom is 0.269 e. The first kappa shape index (κ1) is 11.7. The number of ketones is 1. The van der Waals surface area contributed by atoms with Gasteiger partial charge in [0.05, 0.1) is 11.0 Å². The van der Waals surface area contributed by atoms with E-state index in [0.29, 0.717) is 5.56 Å². The molecule has 0 unspecified atom stereocenters. The molecule has 1 aliphatic rings. The quantitative estimate of drug-likeness (QED) is 0.625. The van der Waals surface area contributed by atoms with Gasteiger partial charge in [-0.05, 0) is 30.5 Å². The van der Waals surface area contributed by atoms with Crippen molar-refractivity contribution in [3.05, 3.63) is 39.9 Å². The first-order valence-corrected chi connectivity index (χ1v) is 5.53. The van der Waals surface area contributed by atoms with Crippen molar-refractivity contribution in [1.82, 2.24) is 0 Å². The molecule has 1 atom stereocenters. The highest BCUT2D eigenvalue weighted by molar-refractivity contribution is 5.83. The van der Waals surface area contributed by atoms with Crippen molar-refractivity contribution in [2.24, 2.45) is 5.92 Å². The molecule has 5 nitrogen and oxygen atoms in total. The fraction of sp³-hybridized carbons (Fsp3) is 0.417. The lowest BCUT2D eigenvalue weighted by molar-refractivity contribution is -0.384. The molecular formula is C12H13NO4. The number of nitro groups is 1. The highest BCUT2D eigenvalue weighted by Crippen LogP contribution is 2.33. The van der Waals surface area contributed by atoms with E-state index in [2.05, 4.69) is 0 Å². The van der Waals surface area contributed by atoms with E-state index in [9.17, 15) is 20.0 Å². The zero-order valence-electron chi connectivity index (χ0n) is 9.20. The van der Waals surface area contributed by atoms with Crippen LogP contribution in [-0.4, -0.2) is 15.8 Å². The number of non-ortho nitro benzene ring substituents is 1. The van der Waals surface area contributed by atoms with Crippen molar-refractivity contribution in [2.75, 3.05) is 0 Å². The van der Waals surface area contributed by atoms with Crippen LogP contribution in [-0.2, 0) is 4.79 Å². The number of rotatable bonds is 5. The van der Waals surface area contributed by atoms with E-state index in [4.69, 9.17) is 0 Å². The molecule has 1 aliphatic carbocycles. The Morgan fingerprint density at radius 2 is 2.00 bits per heavy atom. The third kappa shape index (κ3) is 2.88. The molecule has 1 aromatic rings. The highest BCUT2D eigenvalue weighted by atomic mass is 16.6. The lowest BCUT2D eigenvalue weighted by Crippen LogP contribution is -2.08. The summed E-state index contributed by atoms with van der Waals surface area (Å²) in [7, 11) is 0. The van der Waals surface area contributed by atoms with E-state index >= 15 is 0 Å². The fourth-order valence-electron chi connectivity index (χ4n) is 1.70. The number of Topliss-reactive ketones (excluding diaryl/α,β-unsaturated/α-hetero) is 1. The molecule has 5 heteroatoms. The summed E-state index contributed by atoms with van der Waals surface area (Å²) in [6, 6.07) is 5.65. The second-order valence-electron chi connectivity index (χ2n) is 4.31. The van der Waals surface area contributed by atoms with Crippen LogP contribution in [0.2, 0.25) is 0 Å². The Labute approximate surface area is 98.2 Å². The zero-order chi connectivity index (χ0) is 12.4. The SMILES string of the molecule is O=C(C[C@@H](O)c1ccc([N+](=O)[O-])cc1)C1CC1. The van der Waals surface area contributed by atoms with Gasteiger partial charge in [-0.1, -0.05) is 0 Å². The summed E-state index contributed by atoms with van der Waals surface area (Å²) < 4.78 is 0. The van der Waals surface area contributed by atoms with E-state index < -0.39 is 11.0 Å². The molecule has 0 aromatic heterocycles. The summed E-state index contributed by atoms with van der Waals surface area (Å²) in [4.78, 5) is 21.4. The van der Waals surface area contributed by atoms with Crippen LogP contribution in [0.3, 0.4) is 0 Å². The Morgan fingerprint density at radius 3 is 2.47 bits per heavy atom. The molecule has 0 amide bonds. The number of benzene rings is 1. The summed E-state index contributed by atoms with van der Waals surface area (Å²) in [6.07, 6.45) is 1.09. The monoisotopic (exact) mass is 235 g/mol. The van der Waals surface area contributed by atoms with Crippen LogP contribution in [0.4, 0.5) is 5.69 Å². The normalized spacial score (nSPS) is 16.5. The Hall–Kier alpha value is -1.75. The number of hydrogen-bond donors (Lipinski definition) is 1. The number of hydrogen-bond acceptors (Lipinski definition) is 4. The van der Waals surface area contributed by atoms with Crippen molar-refractivity contribution < 1.29 is 14.8 Å². The Morgan fingerprint density at radius 1 is 1.41 bits per heavy atom. The van der Waals surface area contributed by atoms with Crippen LogP contribution in [0.5, 0.6) is 0 Å². The predicted molar refractivity (Wildman–Crippen MR) is 60.4 cm³/mol. The van der Waals surface area contributed by atoms with E-state index in [-0.39, 0.29) is 23.8 Å². The molecule has 0 heterocycles. The number of carbonyl (C=O) groups is 1. The molecule has 2 rings (SSSR count). The third-order valence-electron chi connectivity index (χ3n) is 2.92. The molecule has 0 radical (unpaired) electrons. The number of aliphatic hydroxyl groups is 1. The Kier molecular flexibility index (Phi) is 3.19. The van der Waals surface area contributed by atoms with Gasteiger partial charge >= 0.3 is 0 Å². The third-order valence-corrected chi connectivity index (χ3v) is 2.92. The van der Waals surface area contributed by atoms with Gasteiger partial charge in [-0.15, -0.1) is 0 Å². The topological polar surface area (TPSA) is 80.4 Å². The first-order chi connectivity index (χ1) is 8.08. The molecule has 0 bridgehead atoms. The van der Waals surface area contributed by atoms with Crippen LogP contribution in [0.1, 0.15) is 30.9 Å². The average Bonchev–Trinajstić information content (AvgIpc) is 3.12. The minimum Gasteiger partial charge on any atom is -0.388 e. The number of aliphatic hydroxyl groups excluding tert-OH is 1. The second kappa shape index (κ2) is 4.63. The molecule has 0 aliphatic heterocycles. The van der Waals surface area contributed by atoms with Gasteiger partial charge in [-0.25, -0.2) is 0 Å². The van der Waals surface area contributed by atoms with Gasteiger partial charge in [-0.2, -0.15) is 0 Å². The second-order valence-corrected chi connectivity index (χ2v) is 4.31. The first-order valence-electron chi connectivity index (χ1n) is 5.53. The van der Waals surface area contributed by atoms with E-state index in [1.165, 1.54) is 24.3 Å². The van der Waals surface area contributed by atoms with E-state index in [0.717, 1.165) is 12.8 Å². The largest absolute Gasteiger partial charge is 0.388 e. The average molecular weight is 235 g/mol. The molecule has 0 saturated heterocycles. The number of nitrogens with zero attached hydrogens (tertiary/aromatic N) is 1. The van der Waals surface area contributed by atoms with Gasteiger partial charge in [0.25, 0.3) is 5.69 Å². The highest BCUT2D eigenvalue weighted by Gasteiger charge is 2.30. The van der Waals surface area contributed by atoms with Crippen molar-refractivity contribution in [2.45, 2.75) is 25.4 Å². The molecule has 1 saturated carbocycles. The molecule has 0 spiro atoms. The lowest BCUT2D eigenvalue weighted by Gasteiger charge is -2.09. The molecule has 17 heavy (non-hydrogen) atoms. The van der Waals surface area contributed by atoms with E-state index in [1.54, 1.807) is 0 Å². The summed E-state index contributed by atoms with van der Waals surface area (Å²) >= 11 is 0. The van der Waals surface area contributed by atoms with Crippen molar-refractivity contribution in [3.8, 4) is 0 Å². The maximum atomic E-state index is 11.5. The van der Waals surface area contributed by atoms with Gasteiger partial charge in [0.1, 0.15) is 5.78 Å². The summed E-state index contributed by atoms with van der Waals surface area (Å²) in [5.74, 6) is 0.207. The molecule has 1 fully saturated rings. The minimum absolute atomic E-state index is 0.0190. The maximum absolute atomic E-state index is 11.5. The molecule has 1 aromatic carbocycles. The molecular weight excluding hydrogens is 222 g/mol. The molecule has 90 valence electrons. The standard InChI is InChI=1S/C12H13NO4/c14-11(8-1-2-8)7-12(15)9-3-5-10(6-4-9)13(16)17/h3-6,8,12,15H,1-2,7H2/t12-/m1/s1. The minimum atomic E-state index is -0.857. The van der Waals surface area contributed by atoms with Crippen LogP contribution >= 0.6 is 0 Å². The van der Waals surface area contributed by atoms with Gasteiger partial charge in [0.2, 0.25) is 0 Å². The number of carbonyl (C=O) groups excluding carboxylic acids is 1. The van der Waals surface area contributed by atoms with Crippen molar-refractivity contribution in [3.63, 3.8) is 0 Å². The zero-order valence-corrected chi connectivity index (χ0v) is 9.20. The smallest absolute Gasteiger partial charge is 0.269 e. The number of nitro benzene ring substituents is 1. The predicted octanol–water partition coefficient (Wildman–Crippen LogP) is 2.00. The van der Waals surface area contributed by atoms with Crippen LogP contribution < -0.4 is 0 Å². The summed E-state index contributed by atoms with van der Waals surface area (Å²) in [5.41, 5.74) is 0.527. The van der Waals surface area contributed by atoms with Crippen molar-refractivity contribution >= 4 is 11.5 Å². The lowest BCUT2D eigenvalue weighted by atomic mass is 10.0. The van der Waals surface area contributed by atoms with Crippen LogP contribution in [0.25, 0.3) is 0 Å². The fourth-order valence-corrected chi connectivity index (χ4v) is 1.70. The van der Waals surface area contributed by atoms with Crippen LogP contribution in [0.15, 0.2) is 24.3 Å². The van der Waals surface area contributed by atoms with Crippen molar-refractivity contribution in [1.29, 1.82) is 0 Å². The summed E-state index contributed by atoms with van der Waals surface area (Å²) in [6.45, 7) is 0. The Balaban J connectivity index is 2.00. The molecule has 1 N–H and O–H groups in total.